The standard InChI is InChI=1S/C19H20N2S3/c1-2-8-15(9-3-1)14-21(16-10-4-5-11-16)24-23-19-20-17-12-6-7-13-18(17)22-19/h1-3,6-9,12-13,16H,4-5,10-11,14H2. The first-order valence-corrected chi connectivity index (χ1v) is 11.3. The number of para-hydroxylation sites is 1. The van der Waals surface area contributed by atoms with Crippen molar-refractivity contribution in [2.24, 2.45) is 0 Å². The molecule has 1 fully saturated rings. The second-order valence-corrected chi connectivity index (χ2v) is 9.51. The molecule has 1 heterocycles. The molecule has 0 amide bonds. The number of hydrogen-bond donors (Lipinski definition) is 0. The van der Waals surface area contributed by atoms with Crippen LogP contribution in [0.4, 0.5) is 0 Å². The fourth-order valence-electron chi connectivity index (χ4n) is 3.14. The molecule has 0 bridgehead atoms. The lowest BCUT2D eigenvalue weighted by Crippen LogP contribution is -2.25. The highest BCUT2D eigenvalue weighted by atomic mass is 33.1. The summed E-state index contributed by atoms with van der Waals surface area (Å²) in [5.74, 6) is 0. The van der Waals surface area contributed by atoms with Gasteiger partial charge in [0, 0.05) is 12.6 Å². The summed E-state index contributed by atoms with van der Waals surface area (Å²) < 4.78 is 4.99. The highest BCUT2D eigenvalue weighted by Crippen LogP contribution is 2.42. The minimum absolute atomic E-state index is 0.692. The van der Waals surface area contributed by atoms with Gasteiger partial charge in [-0.25, -0.2) is 9.29 Å². The van der Waals surface area contributed by atoms with Crippen LogP contribution in [-0.2, 0) is 6.54 Å². The molecular formula is C19H20N2S3. The van der Waals surface area contributed by atoms with Crippen molar-refractivity contribution in [2.45, 2.75) is 42.6 Å². The summed E-state index contributed by atoms with van der Waals surface area (Å²) in [5.41, 5.74) is 2.50. The van der Waals surface area contributed by atoms with Crippen molar-refractivity contribution in [3.63, 3.8) is 0 Å². The van der Waals surface area contributed by atoms with Crippen LogP contribution in [0.1, 0.15) is 31.2 Å². The van der Waals surface area contributed by atoms with Crippen LogP contribution in [0.2, 0.25) is 0 Å². The Morgan fingerprint density at radius 3 is 2.54 bits per heavy atom. The highest BCUT2D eigenvalue weighted by molar-refractivity contribution is 8.76. The minimum atomic E-state index is 0.692. The lowest BCUT2D eigenvalue weighted by atomic mass is 10.2. The van der Waals surface area contributed by atoms with Gasteiger partial charge < -0.3 is 0 Å². The van der Waals surface area contributed by atoms with Gasteiger partial charge in [0.05, 0.1) is 10.2 Å². The zero-order valence-corrected chi connectivity index (χ0v) is 15.9. The Morgan fingerprint density at radius 1 is 1.00 bits per heavy atom. The number of hydrogen-bond acceptors (Lipinski definition) is 5. The fourth-order valence-corrected chi connectivity index (χ4v) is 6.76. The Labute approximate surface area is 155 Å². The Bertz CT molecular complexity index is 748. The van der Waals surface area contributed by atoms with Crippen LogP contribution in [-0.4, -0.2) is 15.3 Å². The van der Waals surface area contributed by atoms with E-state index in [0.29, 0.717) is 6.04 Å². The molecule has 1 aliphatic rings. The van der Waals surface area contributed by atoms with Crippen molar-refractivity contribution < 1.29 is 0 Å². The van der Waals surface area contributed by atoms with Crippen molar-refractivity contribution in [3.8, 4) is 0 Å². The van der Waals surface area contributed by atoms with Gasteiger partial charge in [-0.3, -0.25) is 0 Å². The predicted molar refractivity (Wildman–Crippen MR) is 107 cm³/mol. The van der Waals surface area contributed by atoms with Crippen molar-refractivity contribution in [1.29, 1.82) is 0 Å². The van der Waals surface area contributed by atoms with Crippen molar-refractivity contribution in [2.75, 3.05) is 0 Å². The van der Waals surface area contributed by atoms with Gasteiger partial charge in [0.15, 0.2) is 4.34 Å². The number of rotatable bonds is 6. The molecule has 2 aromatic carbocycles. The normalized spacial score (nSPS) is 15.5. The largest absolute Gasteiger partial charge is 0.233 e. The molecular weight excluding hydrogens is 352 g/mol. The maximum absolute atomic E-state index is 4.75. The summed E-state index contributed by atoms with van der Waals surface area (Å²) in [7, 11) is 3.69. The number of aromatic nitrogens is 1. The molecule has 0 N–H and O–H groups in total. The van der Waals surface area contributed by atoms with E-state index in [9.17, 15) is 0 Å². The zero-order valence-electron chi connectivity index (χ0n) is 13.4. The highest BCUT2D eigenvalue weighted by Gasteiger charge is 2.24. The van der Waals surface area contributed by atoms with E-state index in [0.717, 1.165) is 16.4 Å². The van der Waals surface area contributed by atoms with Crippen LogP contribution in [0.3, 0.4) is 0 Å². The average Bonchev–Trinajstić information content (AvgIpc) is 3.28. The second kappa shape index (κ2) is 7.91. The average molecular weight is 373 g/mol. The molecule has 0 radical (unpaired) electrons. The molecule has 1 saturated carbocycles. The van der Waals surface area contributed by atoms with Gasteiger partial charge >= 0.3 is 0 Å². The molecule has 0 saturated heterocycles. The number of benzene rings is 2. The van der Waals surface area contributed by atoms with Gasteiger partial charge in [-0.15, -0.1) is 11.3 Å². The first kappa shape index (κ1) is 16.5. The molecule has 124 valence electrons. The van der Waals surface area contributed by atoms with E-state index in [4.69, 9.17) is 4.98 Å². The summed E-state index contributed by atoms with van der Waals surface area (Å²) >= 11 is 1.79. The van der Waals surface area contributed by atoms with Gasteiger partial charge in [-0.2, -0.15) is 0 Å². The first-order valence-electron chi connectivity index (χ1n) is 8.39. The van der Waals surface area contributed by atoms with Crippen molar-refractivity contribution in [3.05, 3.63) is 60.2 Å². The summed E-state index contributed by atoms with van der Waals surface area (Å²) in [6, 6.07) is 19.9. The molecule has 1 aliphatic carbocycles. The number of fused-ring (bicyclic) bond motifs is 1. The molecule has 24 heavy (non-hydrogen) atoms. The monoisotopic (exact) mass is 372 g/mol. The molecule has 2 nitrogen and oxygen atoms in total. The van der Waals surface area contributed by atoms with Gasteiger partial charge in [0.1, 0.15) is 0 Å². The first-order chi connectivity index (χ1) is 11.9. The van der Waals surface area contributed by atoms with Crippen molar-refractivity contribution in [1.82, 2.24) is 9.29 Å². The third kappa shape index (κ3) is 3.97. The Hall–Kier alpha value is -1.01. The van der Waals surface area contributed by atoms with Gasteiger partial charge in [-0.05, 0) is 52.3 Å². The summed E-state index contributed by atoms with van der Waals surface area (Å²) in [6.07, 6.45) is 5.37. The van der Waals surface area contributed by atoms with E-state index in [1.807, 2.05) is 21.8 Å². The lowest BCUT2D eigenvalue weighted by Gasteiger charge is -2.26. The molecule has 5 heteroatoms. The van der Waals surface area contributed by atoms with Gasteiger partial charge in [0.2, 0.25) is 0 Å². The zero-order chi connectivity index (χ0) is 16.2. The Kier molecular flexibility index (Phi) is 5.43. The summed E-state index contributed by atoms with van der Waals surface area (Å²) in [4.78, 5) is 4.75. The van der Waals surface area contributed by atoms with Gasteiger partial charge in [0.25, 0.3) is 0 Å². The van der Waals surface area contributed by atoms with Crippen LogP contribution in [0, 0.1) is 0 Å². The topological polar surface area (TPSA) is 16.1 Å². The van der Waals surface area contributed by atoms with Crippen LogP contribution in [0.25, 0.3) is 10.2 Å². The van der Waals surface area contributed by atoms with E-state index in [-0.39, 0.29) is 0 Å². The summed E-state index contributed by atoms with van der Waals surface area (Å²) in [5, 5.41) is 0. The Morgan fingerprint density at radius 2 is 1.75 bits per heavy atom. The SMILES string of the molecule is c1ccc(CN(SSc2nc3ccccc3s2)C2CCCC2)cc1. The molecule has 1 aromatic heterocycles. The number of nitrogens with zero attached hydrogens (tertiary/aromatic N) is 2. The van der Waals surface area contributed by atoms with Crippen LogP contribution in [0.15, 0.2) is 58.9 Å². The lowest BCUT2D eigenvalue weighted by molar-refractivity contribution is 0.354. The molecule has 3 aromatic rings. The van der Waals surface area contributed by atoms with Gasteiger partial charge in [-0.1, -0.05) is 55.3 Å². The van der Waals surface area contributed by atoms with E-state index < -0.39 is 0 Å². The maximum Gasteiger partial charge on any atom is 0.162 e. The van der Waals surface area contributed by atoms with E-state index in [1.54, 1.807) is 11.3 Å². The summed E-state index contributed by atoms with van der Waals surface area (Å²) in [6.45, 7) is 1.01. The van der Waals surface area contributed by atoms with Crippen LogP contribution < -0.4 is 0 Å². The van der Waals surface area contributed by atoms with Crippen LogP contribution in [0.5, 0.6) is 0 Å². The second-order valence-electron chi connectivity index (χ2n) is 6.10. The molecule has 0 unspecified atom stereocenters. The molecule has 0 aliphatic heterocycles. The maximum atomic E-state index is 4.75. The van der Waals surface area contributed by atoms with E-state index in [2.05, 4.69) is 58.9 Å². The van der Waals surface area contributed by atoms with E-state index in [1.165, 1.54) is 35.9 Å². The number of thiazole rings is 1. The molecule has 0 atom stereocenters. The third-order valence-electron chi connectivity index (χ3n) is 4.39. The van der Waals surface area contributed by atoms with Crippen LogP contribution >= 0.6 is 33.1 Å². The minimum Gasteiger partial charge on any atom is -0.233 e. The predicted octanol–water partition coefficient (Wildman–Crippen LogP) is 6.40. The van der Waals surface area contributed by atoms with Crippen molar-refractivity contribution >= 4 is 43.3 Å². The molecule has 4 rings (SSSR count). The Balaban J connectivity index is 1.46. The third-order valence-corrected chi connectivity index (χ3v) is 8.24. The smallest absolute Gasteiger partial charge is 0.162 e. The molecule has 0 spiro atoms. The van der Waals surface area contributed by atoms with E-state index >= 15 is 0 Å². The fraction of sp³-hybridized carbons (Fsp3) is 0.316. The quantitative estimate of drug-likeness (QED) is 0.367.